The standard InChI is InChI=1S/C14H22N2O3S/c1-2-8-16-20(17,18)14-5-3-13(4-6-14)19-11-12-7-9-15-10-12/h3-6,12,15-16H,2,7-11H2,1H3. The Morgan fingerprint density at radius 1 is 1.35 bits per heavy atom. The minimum absolute atomic E-state index is 0.279. The topological polar surface area (TPSA) is 67.4 Å². The number of benzene rings is 1. The van der Waals surface area contributed by atoms with Gasteiger partial charge in [-0.05, 0) is 43.7 Å². The molecule has 1 aromatic rings. The van der Waals surface area contributed by atoms with Crippen molar-refractivity contribution in [2.24, 2.45) is 5.92 Å². The summed E-state index contributed by atoms with van der Waals surface area (Å²) in [6, 6.07) is 6.59. The Morgan fingerprint density at radius 2 is 2.10 bits per heavy atom. The Hall–Kier alpha value is -1.11. The monoisotopic (exact) mass is 298 g/mol. The Bertz CT molecular complexity index is 508. The molecular weight excluding hydrogens is 276 g/mol. The second-order valence-corrected chi connectivity index (χ2v) is 6.81. The number of hydrogen-bond acceptors (Lipinski definition) is 4. The van der Waals surface area contributed by atoms with Crippen molar-refractivity contribution < 1.29 is 13.2 Å². The van der Waals surface area contributed by atoms with Crippen LogP contribution in [-0.2, 0) is 10.0 Å². The Kier molecular flexibility index (Phi) is 5.39. The van der Waals surface area contributed by atoms with Gasteiger partial charge in [0.2, 0.25) is 10.0 Å². The first kappa shape index (κ1) is 15.3. The van der Waals surface area contributed by atoms with E-state index in [4.69, 9.17) is 4.74 Å². The molecule has 1 aliphatic rings. The van der Waals surface area contributed by atoms with Crippen LogP contribution in [0.1, 0.15) is 19.8 Å². The zero-order valence-corrected chi connectivity index (χ0v) is 12.6. The van der Waals surface area contributed by atoms with Crippen molar-refractivity contribution in [1.29, 1.82) is 0 Å². The Morgan fingerprint density at radius 3 is 2.70 bits per heavy atom. The summed E-state index contributed by atoms with van der Waals surface area (Å²) < 4.78 is 32.0. The first-order chi connectivity index (χ1) is 9.62. The number of ether oxygens (including phenoxy) is 1. The molecule has 0 aromatic heterocycles. The number of rotatable bonds is 7. The molecule has 20 heavy (non-hydrogen) atoms. The van der Waals surface area contributed by atoms with E-state index in [-0.39, 0.29) is 4.90 Å². The van der Waals surface area contributed by atoms with Gasteiger partial charge in [0.05, 0.1) is 11.5 Å². The second kappa shape index (κ2) is 7.06. The maximum Gasteiger partial charge on any atom is 0.240 e. The van der Waals surface area contributed by atoms with Crippen molar-refractivity contribution in [3.05, 3.63) is 24.3 Å². The normalized spacial score (nSPS) is 19.1. The van der Waals surface area contributed by atoms with E-state index < -0.39 is 10.0 Å². The SMILES string of the molecule is CCCNS(=O)(=O)c1ccc(OCC2CCNC2)cc1. The molecule has 0 saturated carbocycles. The molecule has 5 nitrogen and oxygen atoms in total. The lowest BCUT2D eigenvalue weighted by atomic mass is 10.1. The van der Waals surface area contributed by atoms with Crippen molar-refractivity contribution in [3.8, 4) is 5.75 Å². The Labute approximate surface area is 120 Å². The van der Waals surface area contributed by atoms with E-state index in [1.54, 1.807) is 24.3 Å². The molecule has 1 unspecified atom stereocenters. The van der Waals surface area contributed by atoms with Gasteiger partial charge in [-0.25, -0.2) is 13.1 Å². The minimum atomic E-state index is -3.39. The van der Waals surface area contributed by atoms with Gasteiger partial charge in [0.25, 0.3) is 0 Å². The first-order valence-corrected chi connectivity index (χ1v) is 8.53. The highest BCUT2D eigenvalue weighted by molar-refractivity contribution is 7.89. The van der Waals surface area contributed by atoms with Crippen LogP contribution in [0.15, 0.2) is 29.2 Å². The lowest BCUT2D eigenvalue weighted by molar-refractivity contribution is 0.260. The van der Waals surface area contributed by atoms with Crippen LogP contribution in [-0.4, -0.2) is 34.7 Å². The molecule has 1 atom stereocenters. The van der Waals surface area contributed by atoms with Gasteiger partial charge in [-0.1, -0.05) is 6.92 Å². The zero-order valence-electron chi connectivity index (χ0n) is 11.8. The molecule has 1 aromatic carbocycles. The predicted molar refractivity (Wildman–Crippen MR) is 78.4 cm³/mol. The summed E-state index contributed by atoms with van der Waals surface area (Å²) in [6.07, 6.45) is 1.91. The highest BCUT2D eigenvalue weighted by atomic mass is 32.2. The molecule has 6 heteroatoms. The summed E-state index contributed by atoms with van der Waals surface area (Å²) in [5.74, 6) is 1.26. The maximum absolute atomic E-state index is 11.9. The minimum Gasteiger partial charge on any atom is -0.493 e. The van der Waals surface area contributed by atoms with Crippen LogP contribution in [0.2, 0.25) is 0 Å². The molecule has 0 amide bonds. The third kappa shape index (κ3) is 4.19. The summed E-state index contributed by atoms with van der Waals surface area (Å²) in [6.45, 7) is 5.10. The lowest BCUT2D eigenvalue weighted by Gasteiger charge is -2.11. The number of nitrogens with one attached hydrogen (secondary N) is 2. The molecule has 0 aliphatic carbocycles. The van der Waals surface area contributed by atoms with Gasteiger partial charge >= 0.3 is 0 Å². The van der Waals surface area contributed by atoms with Crippen molar-refractivity contribution in [3.63, 3.8) is 0 Å². The van der Waals surface area contributed by atoms with Gasteiger partial charge in [0.1, 0.15) is 5.75 Å². The van der Waals surface area contributed by atoms with E-state index >= 15 is 0 Å². The highest BCUT2D eigenvalue weighted by Crippen LogP contribution is 2.17. The van der Waals surface area contributed by atoms with Crippen LogP contribution in [0.4, 0.5) is 0 Å². The third-order valence-corrected chi connectivity index (χ3v) is 4.80. The summed E-state index contributed by atoms with van der Waals surface area (Å²) in [4.78, 5) is 0.279. The summed E-state index contributed by atoms with van der Waals surface area (Å²) in [7, 11) is -3.39. The van der Waals surface area contributed by atoms with Gasteiger partial charge in [-0.3, -0.25) is 0 Å². The summed E-state index contributed by atoms with van der Waals surface area (Å²) in [5.41, 5.74) is 0. The van der Waals surface area contributed by atoms with Crippen LogP contribution >= 0.6 is 0 Å². The number of hydrogen-bond donors (Lipinski definition) is 2. The first-order valence-electron chi connectivity index (χ1n) is 7.05. The van der Waals surface area contributed by atoms with Crippen LogP contribution in [0.25, 0.3) is 0 Å². The van der Waals surface area contributed by atoms with Gasteiger partial charge in [-0.2, -0.15) is 0 Å². The van der Waals surface area contributed by atoms with Crippen molar-refractivity contribution in [2.45, 2.75) is 24.7 Å². The number of sulfonamides is 1. The molecule has 0 bridgehead atoms. The van der Waals surface area contributed by atoms with E-state index in [0.29, 0.717) is 24.8 Å². The summed E-state index contributed by atoms with van der Waals surface area (Å²) in [5, 5.41) is 3.29. The van der Waals surface area contributed by atoms with Gasteiger partial charge in [-0.15, -0.1) is 0 Å². The summed E-state index contributed by atoms with van der Waals surface area (Å²) >= 11 is 0. The fourth-order valence-electron chi connectivity index (χ4n) is 2.11. The molecule has 112 valence electrons. The van der Waals surface area contributed by atoms with Gasteiger partial charge in [0.15, 0.2) is 0 Å². The average Bonchev–Trinajstić information content (AvgIpc) is 2.97. The van der Waals surface area contributed by atoms with E-state index in [2.05, 4.69) is 10.0 Å². The second-order valence-electron chi connectivity index (χ2n) is 5.04. The van der Waals surface area contributed by atoms with E-state index in [0.717, 1.165) is 25.9 Å². The quantitative estimate of drug-likeness (QED) is 0.798. The van der Waals surface area contributed by atoms with E-state index in [9.17, 15) is 8.42 Å². The highest BCUT2D eigenvalue weighted by Gasteiger charge is 2.16. The molecule has 1 fully saturated rings. The molecule has 1 aliphatic heterocycles. The molecule has 2 rings (SSSR count). The lowest BCUT2D eigenvalue weighted by Crippen LogP contribution is -2.24. The molecular formula is C14H22N2O3S. The van der Waals surface area contributed by atoms with Crippen LogP contribution in [0.5, 0.6) is 5.75 Å². The van der Waals surface area contributed by atoms with E-state index in [1.165, 1.54) is 0 Å². The molecule has 0 radical (unpaired) electrons. The van der Waals surface area contributed by atoms with Gasteiger partial charge in [0, 0.05) is 19.0 Å². The smallest absolute Gasteiger partial charge is 0.240 e. The third-order valence-electron chi connectivity index (χ3n) is 3.32. The van der Waals surface area contributed by atoms with Crippen molar-refractivity contribution >= 4 is 10.0 Å². The fourth-order valence-corrected chi connectivity index (χ4v) is 3.24. The van der Waals surface area contributed by atoms with E-state index in [1.807, 2.05) is 6.92 Å². The van der Waals surface area contributed by atoms with Crippen LogP contribution in [0.3, 0.4) is 0 Å². The molecule has 1 saturated heterocycles. The Balaban J connectivity index is 1.91. The predicted octanol–water partition coefficient (Wildman–Crippen LogP) is 1.36. The fraction of sp³-hybridized carbons (Fsp3) is 0.571. The maximum atomic E-state index is 11.9. The molecule has 0 spiro atoms. The molecule has 2 N–H and O–H groups in total. The van der Waals surface area contributed by atoms with Crippen LogP contribution in [0, 0.1) is 5.92 Å². The van der Waals surface area contributed by atoms with Crippen LogP contribution < -0.4 is 14.8 Å². The zero-order chi connectivity index (χ0) is 14.4. The van der Waals surface area contributed by atoms with Gasteiger partial charge < -0.3 is 10.1 Å². The van der Waals surface area contributed by atoms with Crippen molar-refractivity contribution in [1.82, 2.24) is 10.0 Å². The largest absolute Gasteiger partial charge is 0.493 e. The molecule has 1 heterocycles. The van der Waals surface area contributed by atoms with Crippen molar-refractivity contribution in [2.75, 3.05) is 26.2 Å². The average molecular weight is 298 g/mol.